The van der Waals surface area contributed by atoms with E-state index in [0.29, 0.717) is 5.56 Å². The van der Waals surface area contributed by atoms with Gasteiger partial charge in [-0.2, -0.15) is 0 Å². The highest BCUT2D eigenvalue weighted by Crippen LogP contribution is 2.28. The van der Waals surface area contributed by atoms with E-state index < -0.39 is 0 Å². The largest absolute Gasteiger partial charge is 0.332 e. The van der Waals surface area contributed by atoms with Gasteiger partial charge >= 0.3 is 0 Å². The highest BCUT2D eigenvalue weighted by Gasteiger charge is 2.20. The zero-order chi connectivity index (χ0) is 21.8. The molecule has 0 saturated carbocycles. The van der Waals surface area contributed by atoms with Crippen LogP contribution >= 0.6 is 23.1 Å². The number of para-hydroxylation sites is 2. The number of carbonyl (C=O) groups excluding carboxylic acids is 2. The number of hydrogen-bond acceptors (Lipinski definition) is 5. The number of amides is 2. The van der Waals surface area contributed by atoms with E-state index >= 15 is 0 Å². The second kappa shape index (κ2) is 9.32. The summed E-state index contributed by atoms with van der Waals surface area (Å²) < 4.78 is 0. The Hall–Kier alpha value is -3.16. The number of nitrogens with zero attached hydrogens (tertiary/aromatic N) is 2. The minimum Gasteiger partial charge on any atom is -0.332 e. The van der Waals surface area contributed by atoms with Gasteiger partial charge in [0, 0.05) is 17.3 Å². The number of carbonyl (C=O) groups is 2. The fourth-order valence-electron chi connectivity index (χ4n) is 3.33. The third-order valence-corrected chi connectivity index (χ3v) is 6.52. The number of anilines is 1. The third kappa shape index (κ3) is 4.62. The average molecular weight is 448 g/mol. The molecule has 2 aromatic carbocycles. The molecule has 31 heavy (non-hydrogen) atoms. The van der Waals surface area contributed by atoms with E-state index in [0.717, 1.165) is 32.1 Å². The van der Waals surface area contributed by atoms with Crippen molar-refractivity contribution >= 4 is 51.5 Å². The molecule has 4 rings (SSSR count). The number of thioether (sulfide) groups is 1. The highest BCUT2D eigenvalue weighted by molar-refractivity contribution is 7.98. The zero-order valence-electron chi connectivity index (χ0n) is 17.2. The molecule has 0 atom stereocenters. The Balaban J connectivity index is 1.59. The van der Waals surface area contributed by atoms with Crippen molar-refractivity contribution in [1.29, 1.82) is 0 Å². The van der Waals surface area contributed by atoms with Crippen LogP contribution in [0.15, 0.2) is 77.0 Å². The molecule has 7 heteroatoms. The molecule has 0 aliphatic rings. The maximum atomic E-state index is 13.3. The Morgan fingerprint density at radius 3 is 2.61 bits per heavy atom. The summed E-state index contributed by atoms with van der Waals surface area (Å²) in [5.74, 6) is -0.459. The SMILES string of the molecule is CSc1ccccc1NC(=O)CN(C)C(=O)c1cc(-c2cccs2)nc2ccccc12. The Morgan fingerprint density at radius 2 is 1.84 bits per heavy atom. The van der Waals surface area contributed by atoms with Crippen molar-refractivity contribution in [2.24, 2.45) is 0 Å². The standard InChI is InChI=1S/C24H21N3O2S2/c1-27(15-23(28)26-19-10-5-6-11-21(19)30-2)24(29)17-14-20(22-12-7-13-31-22)25-18-9-4-3-8-16(17)18/h3-14H,15H2,1-2H3,(H,26,28). The van der Waals surface area contributed by atoms with Gasteiger partial charge in [-0.3, -0.25) is 9.59 Å². The molecule has 0 aliphatic heterocycles. The van der Waals surface area contributed by atoms with Crippen LogP contribution < -0.4 is 5.32 Å². The lowest BCUT2D eigenvalue weighted by molar-refractivity contribution is -0.116. The van der Waals surface area contributed by atoms with Gasteiger partial charge in [0.25, 0.3) is 5.91 Å². The molecule has 2 aromatic heterocycles. The summed E-state index contributed by atoms with van der Waals surface area (Å²) >= 11 is 3.14. The Kier molecular flexibility index (Phi) is 6.34. The summed E-state index contributed by atoms with van der Waals surface area (Å²) in [4.78, 5) is 34.1. The van der Waals surface area contributed by atoms with Crippen molar-refractivity contribution in [2.45, 2.75) is 4.90 Å². The first-order chi connectivity index (χ1) is 15.1. The minimum atomic E-state index is -0.241. The number of nitrogens with one attached hydrogen (secondary N) is 1. The lowest BCUT2D eigenvalue weighted by atomic mass is 10.1. The predicted molar refractivity (Wildman–Crippen MR) is 129 cm³/mol. The quantitative estimate of drug-likeness (QED) is 0.402. The summed E-state index contributed by atoms with van der Waals surface area (Å²) in [6.07, 6.45) is 1.96. The lowest BCUT2D eigenvalue weighted by Gasteiger charge is -2.19. The van der Waals surface area contributed by atoms with Gasteiger partial charge in [-0.15, -0.1) is 23.1 Å². The molecule has 0 fully saturated rings. The number of hydrogen-bond donors (Lipinski definition) is 1. The van der Waals surface area contributed by atoms with Gasteiger partial charge in [-0.05, 0) is 42.0 Å². The first kappa shape index (κ1) is 21.1. The predicted octanol–water partition coefficient (Wildman–Crippen LogP) is 5.40. The molecule has 0 radical (unpaired) electrons. The van der Waals surface area contributed by atoms with Crippen molar-refractivity contribution in [3.63, 3.8) is 0 Å². The molecule has 0 bridgehead atoms. The number of pyridine rings is 1. The van der Waals surface area contributed by atoms with Gasteiger partial charge in [0.15, 0.2) is 0 Å². The van der Waals surface area contributed by atoms with E-state index in [9.17, 15) is 9.59 Å². The maximum absolute atomic E-state index is 13.3. The van der Waals surface area contributed by atoms with E-state index in [-0.39, 0.29) is 18.4 Å². The summed E-state index contributed by atoms with van der Waals surface area (Å²) in [5, 5.41) is 5.66. The fraction of sp³-hybridized carbons (Fsp3) is 0.125. The van der Waals surface area contributed by atoms with Crippen LogP contribution in [0.4, 0.5) is 5.69 Å². The molecule has 1 N–H and O–H groups in total. The molecular weight excluding hydrogens is 426 g/mol. The van der Waals surface area contributed by atoms with Crippen LogP contribution in [0.1, 0.15) is 10.4 Å². The normalized spacial score (nSPS) is 10.8. The molecule has 2 amide bonds. The Labute approximate surface area is 189 Å². The Morgan fingerprint density at radius 1 is 1.06 bits per heavy atom. The monoisotopic (exact) mass is 447 g/mol. The first-order valence-electron chi connectivity index (χ1n) is 9.69. The van der Waals surface area contributed by atoms with Gasteiger partial charge in [0.1, 0.15) is 0 Å². The fourth-order valence-corrected chi connectivity index (χ4v) is 4.57. The Bertz CT molecular complexity index is 1240. The van der Waals surface area contributed by atoms with Crippen LogP contribution in [0.3, 0.4) is 0 Å². The second-order valence-electron chi connectivity index (χ2n) is 6.96. The molecule has 4 aromatic rings. The number of likely N-dealkylation sites (N-methyl/N-ethyl adjacent to an activating group) is 1. The molecule has 0 spiro atoms. The number of fused-ring (bicyclic) bond motifs is 1. The van der Waals surface area contributed by atoms with Crippen molar-refractivity contribution in [2.75, 3.05) is 25.2 Å². The molecule has 2 heterocycles. The van der Waals surface area contributed by atoms with E-state index in [1.165, 1.54) is 4.90 Å². The topological polar surface area (TPSA) is 62.3 Å². The summed E-state index contributed by atoms with van der Waals surface area (Å²) in [6, 6.07) is 20.9. The minimum absolute atomic E-state index is 0.0491. The van der Waals surface area contributed by atoms with E-state index in [2.05, 4.69) is 5.32 Å². The van der Waals surface area contributed by atoms with Crippen LogP contribution in [-0.2, 0) is 4.79 Å². The van der Waals surface area contributed by atoms with E-state index in [4.69, 9.17) is 4.98 Å². The van der Waals surface area contributed by atoms with Crippen LogP contribution in [0.2, 0.25) is 0 Å². The number of benzene rings is 2. The summed E-state index contributed by atoms with van der Waals surface area (Å²) in [7, 11) is 1.64. The molecule has 5 nitrogen and oxygen atoms in total. The summed E-state index contributed by atoms with van der Waals surface area (Å²) in [6.45, 7) is -0.0491. The van der Waals surface area contributed by atoms with Gasteiger partial charge < -0.3 is 10.2 Å². The smallest absolute Gasteiger partial charge is 0.254 e. The van der Waals surface area contributed by atoms with Gasteiger partial charge in [0.2, 0.25) is 5.91 Å². The van der Waals surface area contributed by atoms with E-state index in [1.54, 1.807) is 30.1 Å². The average Bonchev–Trinajstić information content (AvgIpc) is 3.33. The van der Waals surface area contributed by atoms with Crippen LogP contribution in [-0.4, -0.2) is 41.5 Å². The van der Waals surface area contributed by atoms with Gasteiger partial charge in [-0.1, -0.05) is 36.4 Å². The van der Waals surface area contributed by atoms with Crippen molar-refractivity contribution in [3.05, 3.63) is 77.7 Å². The number of aromatic nitrogens is 1. The third-order valence-electron chi connectivity index (χ3n) is 4.83. The van der Waals surface area contributed by atoms with Crippen molar-refractivity contribution in [3.8, 4) is 10.6 Å². The number of thiophene rings is 1. The molecule has 0 saturated heterocycles. The van der Waals surface area contributed by atoms with Gasteiger partial charge in [0.05, 0.1) is 33.9 Å². The highest BCUT2D eigenvalue weighted by atomic mass is 32.2. The molecule has 0 unspecified atom stereocenters. The maximum Gasteiger partial charge on any atom is 0.254 e. The molecule has 0 aliphatic carbocycles. The lowest BCUT2D eigenvalue weighted by Crippen LogP contribution is -2.35. The van der Waals surface area contributed by atoms with E-state index in [1.807, 2.05) is 78.4 Å². The second-order valence-corrected chi connectivity index (χ2v) is 8.75. The molecule has 156 valence electrons. The molecular formula is C24H21N3O2S2. The zero-order valence-corrected chi connectivity index (χ0v) is 18.8. The van der Waals surface area contributed by atoms with Crippen molar-refractivity contribution < 1.29 is 9.59 Å². The first-order valence-corrected chi connectivity index (χ1v) is 11.8. The van der Waals surface area contributed by atoms with Crippen LogP contribution in [0, 0.1) is 0 Å². The van der Waals surface area contributed by atoms with Crippen LogP contribution in [0.25, 0.3) is 21.5 Å². The van der Waals surface area contributed by atoms with Gasteiger partial charge in [-0.25, -0.2) is 4.98 Å². The summed E-state index contributed by atoms with van der Waals surface area (Å²) in [5.41, 5.74) is 2.79. The van der Waals surface area contributed by atoms with Crippen LogP contribution in [0.5, 0.6) is 0 Å². The number of rotatable bonds is 6. The van der Waals surface area contributed by atoms with Crippen molar-refractivity contribution in [1.82, 2.24) is 9.88 Å².